The monoisotopic (exact) mass is 406 g/mol. The Labute approximate surface area is 178 Å². The third kappa shape index (κ3) is 3.71. The van der Waals surface area contributed by atoms with Gasteiger partial charge in [0.2, 0.25) is 0 Å². The normalized spacial score (nSPS) is 31.1. The van der Waals surface area contributed by atoms with Crippen molar-refractivity contribution in [1.82, 2.24) is 0 Å². The highest BCUT2D eigenvalue weighted by molar-refractivity contribution is 5.44. The zero-order valence-corrected chi connectivity index (χ0v) is 17.4. The second kappa shape index (κ2) is 7.45. The number of ether oxygens (including phenoxy) is 4. The smallest absolute Gasteiger partial charge is 0.0821 e. The molecule has 0 bridgehead atoms. The molecule has 4 heteroatoms. The van der Waals surface area contributed by atoms with Gasteiger partial charge in [-0.15, -0.1) is 0 Å². The maximum atomic E-state index is 5.87. The third-order valence-corrected chi connectivity index (χ3v) is 7.44. The second-order valence-electron chi connectivity index (χ2n) is 9.56. The lowest BCUT2D eigenvalue weighted by Crippen LogP contribution is -2.50. The van der Waals surface area contributed by atoms with Crippen molar-refractivity contribution < 1.29 is 18.9 Å². The summed E-state index contributed by atoms with van der Waals surface area (Å²) < 4.78 is 23.4. The Hall–Kier alpha value is -1.72. The molecule has 0 N–H and O–H groups in total. The lowest BCUT2D eigenvalue weighted by Gasteiger charge is -2.52. The molecule has 4 nitrogen and oxygen atoms in total. The molecule has 4 atom stereocenters. The van der Waals surface area contributed by atoms with E-state index in [1.165, 1.54) is 11.1 Å². The van der Waals surface area contributed by atoms with Gasteiger partial charge >= 0.3 is 0 Å². The Morgan fingerprint density at radius 1 is 0.533 bits per heavy atom. The van der Waals surface area contributed by atoms with E-state index in [2.05, 4.69) is 60.7 Å². The van der Waals surface area contributed by atoms with E-state index in [0.717, 1.165) is 52.1 Å². The van der Waals surface area contributed by atoms with Gasteiger partial charge in [-0.25, -0.2) is 0 Å². The van der Waals surface area contributed by atoms with Crippen LogP contribution in [-0.4, -0.2) is 50.8 Å². The predicted octanol–water partition coefficient (Wildman–Crippen LogP) is 4.11. The van der Waals surface area contributed by atoms with Crippen LogP contribution < -0.4 is 0 Å². The molecule has 4 fully saturated rings. The van der Waals surface area contributed by atoms with Gasteiger partial charge in [0.05, 0.1) is 50.8 Å². The van der Waals surface area contributed by atoms with Crippen molar-refractivity contribution in [3.63, 3.8) is 0 Å². The molecule has 4 saturated heterocycles. The topological polar surface area (TPSA) is 50.1 Å². The molecule has 4 unspecified atom stereocenters. The molecule has 6 rings (SSSR count). The van der Waals surface area contributed by atoms with Gasteiger partial charge in [-0.1, -0.05) is 60.7 Å². The summed E-state index contributed by atoms with van der Waals surface area (Å²) in [7, 11) is 0. The molecular formula is C26H30O4. The van der Waals surface area contributed by atoms with Crippen molar-refractivity contribution in [1.29, 1.82) is 0 Å². The third-order valence-electron chi connectivity index (χ3n) is 7.44. The Morgan fingerprint density at radius 3 is 1.20 bits per heavy atom. The lowest BCUT2D eigenvalue weighted by molar-refractivity contribution is 0.0592. The van der Waals surface area contributed by atoms with Gasteiger partial charge in [0.15, 0.2) is 0 Å². The first-order valence-electron chi connectivity index (χ1n) is 11.3. The highest BCUT2D eigenvalue weighted by Gasteiger charge is 2.60. The van der Waals surface area contributed by atoms with E-state index in [1.54, 1.807) is 0 Å². The number of epoxide rings is 4. The van der Waals surface area contributed by atoms with E-state index in [9.17, 15) is 0 Å². The maximum Gasteiger partial charge on any atom is 0.0821 e. The second-order valence-corrected chi connectivity index (χ2v) is 9.56. The van der Waals surface area contributed by atoms with E-state index in [1.807, 2.05) is 0 Å². The Morgan fingerprint density at radius 2 is 0.867 bits per heavy atom. The zero-order chi connectivity index (χ0) is 20.0. The SMILES string of the molecule is c1ccc(C(CC2CO2)(c2ccccc2)C(CC2CO2)(CC2CO2)CC2CO2)cc1. The molecule has 0 saturated carbocycles. The molecular weight excluding hydrogens is 376 g/mol. The predicted molar refractivity (Wildman–Crippen MR) is 114 cm³/mol. The van der Waals surface area contributed by atoms with Gasteiger partial charge < -0.3 is 18.9 Å². The molecule has 4 heterocycles. The summed E-state index contributed by atoms with van der Waals surface area (Å²) in [6, 6.07) is 22.2. The Balaban J connectivity index is 1.57. The van der Waals surface area contributed by atoms with Crippen molar-refractivity contribution in [2.24, 2.45) is 5.41 Å². The van der Waals surface area contributed by atoms with Crippen molar-refractivity contribution in [2.45, 2.75) is 55.5 Å². The molecule has 0 radical (unpaired) electrons. The first-order valence-corrected chi connectivity index (χ1v) is 11.3. The van der Waals surface area contributed by atoms with Crippen molar-refractivity contribution in [3.8, 4) is 0 Å². The van der Waals surface area contributed by atoms with Gasteiger partial charge in [0.25, 0.3) is 0 Å². The van der Waals surface area contributed by atoms with Crippen LogP contribution in [0, 0.1) is 5.41 Å². The zero-order valence-electron chi connectivity index (χ0n) is 17.4. The van der Waals surface area contributed by atoms with E-state index in [-0.39, 0.29) is 10.8 Å². The minimum Gasteiger partial charge on any atom is -0.373 e. The summed E-state index contributed by atoms with van der Waals surface area (Å²) in [6.07, 6.45) is 5.46. The number of hydrogen-bond acceptors (Lipinski definition) is 4. The summed E-state index contributed by atoms with van der Waals surface area (Å²) in [4.78, 5) is 0. The van der Waals surface area contributed by atoms with Crippen LogP contribution in [0.3, 0.4) is 0 Å². The Kier molecular flexibility index (Phi) is 4.72. The summed E-state index contributed by atoms with van der Waals surface area (Å²) >= 11 is 0. The minimum absolute atomic E-state index is 0.00877. The van der Waals surface area contributed by atoms with Crippen molar-refractivity contribution in [3.05, 3.63) is 71.8 Å². The molecule has 0 aliphatic carbocycles. The number of hydrogen-bond donors (Lipinski definition) is 0. The van der Waals surface area contributed by atoms with E-state index < -0.39 is 0 Å². The van der Waals surface area contributed by atoms with Crippen LogP contribution in [0.4, 0.5) is 0 Å². The highest BCUT2D eigenvalue weighted by atomic mass is 16.6. The maximum absolute atomic E-state index is 5.87. The van der Waals surface area contributed by atoms with Gasteiger partial charge in [-0.3, -0.25) is 0 Å². The van der Waals surface area contributed by atoms with Crippen molar-refractivity contribution >= 4 is 0 Å². The van der Waals surface area contributed by atoms with E-state index in [4.69, 9.17) is 18.9 Å². The summed E-state index contributed by atoms with van der Waals surface area (Å²) in [5.41, 5.74) is 2.59. The molecule has 4 aliphatic rings. The average Bonchev–Trinajstić information content (AvgIpc) is 3.62. The summed E-state index contributed by atoms with van der Waals surface area (Å²) in [6.45, 7) is 3.48. The van der Waals surface area contributed by atoms with Crippen LogP contribution in [0.2, 0.25) is 0 Å². The van der Waals surface area contributed by atoms with Gasteiger partial charge in [-0.05, 0) is 42.2 Å². The molecule has 158 valence electrons. The average molecular weight is 407 g/mol. The molecule has 2 aromatic carbocycles. The number of benzene rings is 2. The van der Waals surface area contributed by atoms with Crippen molar-refractivity contribution in [2.75, 3.05) is 26.4 Å². The van der Waals surface area contributed by atoms with Crippen LogP contribution in [0.1, 0.15) is 36.8 Å². The quantitative estimate of drug-likeness (QED) is 0.527. The highest BCUT2D eigenvalue weighted by Crippen LogP contribution is 2.61. The summed E-state index contributed by atoms with van der Waals surface area (Å²) in [5, 5.41) is 0. The van der Waals surface area contributed by atoms with Gasteiger partial charge in [-0.2, -0.15) is 0 Å². The van der Waals surface area contributed by atoms with Gasteiger partial charge in [0, 0.05) is 5.41 Å². The fraction of sp³-hybridized carbons (Fsp3) is 0.538. The largest absolute Gasteiger partial charge is 0.373 e. The first-order chi connectivity index (χ1) is 14.8. The Bertz CT molecular complexity index is 776. The lowest BCUT2D eigenvalue weighted by atomic mass is 9.50. The summed E-state index contributed by atoms with van der Waals surface area (Å²) in [5.74, 6) is 0. The number of rotatable bonds is 11. The van der Waals surface area contributed by atoms with E-state index in [0.29, 0.717) is 24.4 Å². The first kappa shape index (κ1) is 19.0. The van der Waals surface area contributed by atoms with Crippen LogP contribution in [-0.2, 0) is 24.4 Å². The van der Waals surface area contributed by atoms with Crippen LogP contribution in [0.5, 0.6) is 0 Å². The fourth-order valence-corrected chi connectivity index (χ4v) is 5.84. The van der Waals surface area contributed by atoms with Gasteiger partial charge in [0.1, 0.15) is 0 Å². The molecule has 0 aromatic heterocycles. The van der Waals surface area contributed by atoms with Crippen LogP contribution in [0.25, 0.3) is 0 Å². The standard InChI is InChI=1S/C26H30O4/c1-3-7-19(8-4-1)26(14-24-18-30-24,20-9-5-2-6-10-20)25(11-21-15-27-21,12-22-16-28-22)13-23-17-29-23/h1-10,21-24H,11-18H2. The molecule has 2 aromatic rings. The molecule has 0 amide bonds. The van der Waals surface area contributed by atoms with Crippen LogP contribution >= 0.6 is 0 Å². The molecule has 30 heavy (non-hydrogen) atoms. The molecule has 0 spiro atoms. The van der Waals surface area contributed by atoms with E-state index >= 15 is 0 Å². The fourth-order valence-electron chi connectivity index (χ4n) is 5.84. The van der Waals surface area contributed by atoms with Crippen LogP contribution in [0.15, 0.2) is 60.7 Å². The minimum atomic E-state index is -0.166. The molecule has 4 aliphatic heterocycles.